The van der Waals surface area contributed by atoms with E-state index in [1.807, 2.05) is 13.0 Å². The highest BCUT2D eigenvalue weighted by Crippen LogP contribution is 2.30. The number of piperidine rings is 1. The number of rotatable bonds is 4. The number of benzene rings is 1. The molecule has 1 aromatic rings. The second kappa shape index (κ2) is 6.80. The SMILES string of the molecule is CCNC(=O)c1ccc(N)c(N2CCC(C)C(OC)C2)c1. The molecule has 5 nitrogen and oxygen atoms in total. The molecule has 1 fully saturated rings. The Labute approximate surface area is 126 Å². The third kappa shape index (κ3) is 3.47. The second-order valence-electron chi connectivity index (χ2n) is 5.62. The van der Waals surface area contributed by atoms with Crippen molar-refractivity contribution in [3.8, 4) is 0 Å². The zero-order valence-electron chi connectivity index (χ0n) is 13.1. The summed E-state index contributed by atoms with van der Waals surface area (Å²) >= 11 is 0. The zero-order valence-corrected chi connectivity index (χ0v) is 13.1. The van der Waals surface area contributed by atoms with Crippen molar-refractivity contribution in [2.75, 3.05) is 37.4 Å². The fourth-order valence-electron chi connectivity index (χ4n) is 2.78. The standard InChI is InChI=1S/C16H25N3O2/c1-4-18-16(20)12-5-6-13(17)14(9-12)19-8-7-11(2)15(10-19)21-3/h5-6,9,11,15H,4,7-8,10,17H2,1-3H3,(H,18,20). The summed E-state index contributed by atoms with van der Waals surface area (Å²) < 4.78 is 5.55. The first-order valence-corrected chi connectivity index (χ1v) is 7.52. The Bertz CT molecular complexity index is 504. The average molecular weight is 291 g/mol. The van der Waals surface area contributed by atoms with E-state index in [0.29, 0.717) is 23.7 Å². The number of ether oxygens (including phenoxy) is 1. The molecule has 0 saturated carbocycles. The lowest BCUT2D eigenvalue weighted by Gasteiger charge is -2.38. The summed E-state index contributed by atoms with van der Waals surface area (Å²) in [7, 11) is 1.75. The van der Waals surface area contributed by atoms with Gasteiger partial charge in [-0.15, -0.1) is 0 Å². The molecule has 5 heteroatoms. The van der Waals surface area contributed by atoms with Crippen molar-refractivity contribution in [2.45, 2.75) is 26.4 Å². The molecular weight excluding hydrogens is 266 g/mol. The molecule has 0 bridgehead atoms. The molecule has 0 radical (unpaired) electrons. The fourth-order valence-corrected chi connectivity index (χ4v) is 2.78. The summed E-state index contributed by atoms with van der Waals surface area (Å²) in [6.07, 6.45) is 1.26. The van der Waals surface area contributed by atoms with Crippen LogP contribution in [0.4, 0.5) is 11.4 Å². The number of nitrogens with one attached hydrogen (secondary N) is 1. The first-order chi connectivity index (χ1) is 10.1. The van der Waals surface area contributed by atoms with E-state index in [-0.39, 0.29) is 12.0 Å². The molecule has 1 heterocycles. The van der Waals surface area contributed by atoms with Crippen molar-refractivity contribution in [1.82, 2.24) is 5.32 Å². The molecule has 116 valence electrons. The summed E-state index contributed by atoms with van der Waals surface area (Å²) in [6, 6.07) is 5.45. The molecule has 21 heavy (non-hydrogen) atoms. The molecule has 1 aromatic carbocycles. The monoisotopic (exact) mass is 291 g/mol. The van der Waals surface area contributed by atoms with Crippen LogP contribution in [0, 0.1) is 5.92 Å². The third-order valence-electron chi connectivity index (χ3n) is 4.16. The molecule has 1 amide bonds. The molecule has 0 spiro atoms. The smallest absolute Gasteiger partial charge is 0.251 e. The largest absolute Gasteiger partial charge is 0.397 e. The molecule has 1 aliphatic rings. The highest BCUT2D eigenvalue weighted by atomic mass is 16.5. The van der Waals surface area contributed by atoms with E-state index in [1.54, 1.807) is 19.2 Å². The molecule has 3 N–H and O–H groups in total. The summed E-state index contributed by atoms with van der Waals surface area (Å²) in [5, 5.41) is 2.82. The van der Waals surface area contributed by atoms with Gasteiger partial charge in [0.2, 0.25) is 0 Å². The topological polar surface area (TPSA) is 67.6 Å². The number of hydrogen-bond donors (Lipinski definition) is 2. The summed E-state index contributed by atoms with van der Waals surface area (Å²) in [4.78, 5) is 14.2. The number of nitrogen functional groups attached to an aromatic ring is 1. The van der Waals surface area contributed by atoms with Crippen LogP contribution in [-0.4, -0.2) is 38.8 Å². The maximum atomic E-state index is 12.0. The summed E-state index contributed by atoms with van der Waals surface area (Å²) in [6.45, 7) is 6.47. The zero-order chi connectivity index (χ0) is 15.4. The molecule has 1 saturated heterocycles. The van der Waals surface area contributed by atoms with Gasteiger partial charge in [-0.3, -0.25) is 4.79 Å². The van der Waals surface area contributed by atoms with Crippen molar-refractivity contribution in [2.24, 2.45) is 5.92 Å². The van der Waals surface area contributed by atoms with E-state index >= 15 is 0 Å². The molecule has 1 aliphatic heterocycles. The Morgan fingerprint density at radius 2 is 2.29 bits per heavy atom. The van der Waals surface area contributed by atoms with E-state index in [1.165, 1.54) is 0 Å². The van der Waals surface area contributed by atoms with Gasteiger partial charge >= 0.3 is 0 Å². The van der Waals surface area contributed by atoms with Gasteiger partial charge in [-0.2, -0.15) is 0 Å². The minimum absolute atomic E-state index is 0.0626. The predicted molar refractivity (Wildman–Crippen MR) is 85.7 cm³/mol. The molecule has 2 atom stereocenters. The Kier molecular flexibility index (Phi) is 5.07. The van der Waals surface area contributed by atoms with Gasteiger partial charge in [-0.1, -0.05) is 6.92 Å². The van der Waals surface area contributed by atoms with Gasteiger partial charge in [-0.25, -0.2) is 0 Å². The molecule has 0 aromatic heterocycles. The van der Waals surface area contributed by atoms with Gasteiger partial charge in [0.25, 0.3) is 5.91 Å². The maximum absolute atomic E-state index is 12.0. The normalized spacial score (nSPS) is 22.1. The van der Waals surface area contributed by atoms with E-state index in [2.05, 4.69) is 17.1 Å². The Balaban J connectivity index is 2.22. The van der Waals surface area contributed by atoms with Gasteiger partial charge < -0.3 is 20.7 Å². The minimum Gasteiger partial charge on any atom is -0.397 e. The number of anilines is 2. The van der Waals surface area contributed by atoms with Crippen molar-refractivity contribution in [3.63, 3.8) is 0 Å². The van der Waals surface area contributed by atoms with Crippen molar-refractivity contribution < 1.29 is 9.53 Å². The van der Waals surface area contributed by atoms with Crippen LogP contribution in [0.5, 0.6) is 0 Å². The third-order valence-corrected chi connectivity index (χ3v) is 4.16. The fraction of sp³-hybridized carbons (Fsp3) is 0.562. The van der Waals surface area contributed by atoms with Crippen molar-refractivity contribution >= 4 is 17.3 Å². The van der Waals surface area contributed by atoms with Crippen LogP contribution >= 0.6 is 0 Å². The summed E-state index contributed by atoms with van der Waals surface area (Å²) in [5.74, 6) is 0.478. The molecule has 2 rings (SSSR count). The number of nitrogens with zero attached hydrogens (tertiary/aromatic N) is 1. The Morgan fingerprint density at radius 1 is 1.52 bits per heavy atom. The molecular formula is C16H25N3O2. The number of carbonyl (C=O) groups excluding carboxylic acids is 1. The first-order valence-electron chi connectivity index (χ1n) is 7.52. The van der Waals surface area contributed by atoms with E-state index < -0.39 is 0 Å². The van der Waals surface area contributed by atoms with Gasteiger partial charge in [-0.05, 0) is 37.5 Å². The Hall–Kier alpha value is -1.75. The lowest BCUT2D eigenvalue weighted by Crippen LogP contribution is -2.44. The lowest BCUT2D eigenvalue weighted by atomic mass is 9.95. The van der Waals surface area contributed by atoms with Gasteiger partial charge in [0.1, 0.15) is 0 Å². The second-order valence-corrected chi connectivity index (χ2v) is 5.62. The van der Waals surface area contributed by atoms with Crippen LogP contribution in [-0.2, 0) is 4.74 Å². The number of methoxy groups -OCH3 is 1. The number of nitrogens with two attached hydrogens (primary N) is 1. The van der Waals surface area contributed by atoms with Crippen molar-refractivity contribution in [1.29, 1.82) is 0 Å². The first kappa shape index (κ1) is 15.6. The highest BCUT2D eigenvalue weighted by Gasteiger charge is 2.27. The molecule has 0 aliphatic carbocycles. The van der Waals surface area contributed by atoms with Crippen LogP contribution in [0.3, 0.4) is 0 Å². The van der Waals surface area contributed by atoms with Gasteiger partial charge in [0.05, 0.1) is 17.5 Å². The number of hydrogen-bond acceptors (Lipinski definition) is 4. The average Bonchev–Trinajstić information content (AvgIpc) is 2.48. The van der Waals surface area contributed by atoms with Crippen LogP contribution in [0.2, 0.25) is 0 Å². The predicted octanol–water partition coefficient (Wildman–Crippen LogP) is 1.88. The van der Waals surface area contributed by atoms with Crippen LogP contribution in [0.15, 0.2) is 18.2 Å². The van der Waals surface area contributed by atoms with Gasteiger partial charge in [0, 0.05) is 32.3 Å². The van der Waals surface area contributed by atoms with Crippen molar-refractivity contribution in [3.05, 3.63) is 23.8 Å². The summed E-state index contributed by atoms with van der Waals surface area (Å²) in [5.41, 5.74) is 8.37. The van der Waals surface area contributed by atoms with Crippen LogP contribution < -0.4 is 16.0 Å². The maximum Gasteiger partial charge on any atom is 0.251 e. The Morgan fingerprint density at radius 3 is 2.95 bits per heavy atom. The van der Waals surface area contributed by atoms with Crippen LogP contribution in [0.25, 0.3) is 0 Å². The minimum atomic E-state index is -0.0626. The quantitative estimate of drug-likeness (QED) is 0.831. The number of carbonyl (C=O) groups is 1. The van der Waals surface area contributed by atoms with E-state index in [4.69, 9.17) is 10.5 Å². The van der Waals surface area contributed by atoms with Crippen LogP contribution in [0.1, 0.15) is 30.6 Å². The lowest BCUT2D eigenvalue weighted by molar-refractivity contribution is 0.0499. The van der Waals surface area contributed by atoms with Gasteiger partial charge in [0.15, 0.2) is 0 Å². The van der Waals surface area contributed by atoms with E-state index in [9.17, 15) is 4.79 Å². The van der Waals surface area contributed by atoms with E-state index in [0.717, 1.165) is 25.2 Å². The molecule has 2 unspecified atom stereocenters. The highest BCUT2D eigenvalue weighted by molar-refractivity contribution is 5.96. The number of amides is 1.